The van der Waals surface area contributed by atoms with E-state index in [1.807, 2.05) is 0 Å². The topological polar surface area (TPSA) is 9.23 Å². The molecule has 0 spiro atoms. The highest BCUT2D eigenvalue weighted by atomic mass is 19.2. The first-order valence-corrected chi connectivity index (χ1v) is 4.57. The molecular formula is C11H13F3O. The quantitative estimate of drug-likeness (QED) is 0.691. The maximum absolute atomic E-state index is 13.1. The molecule has 0 aliphatic rings. The van der Waals surface area contributed by atoms with Crippen molar-refractivity contribution in [3.63, 3.8) is 0 Å². The van der Waals surface area contributed by atoms with Crippen LogP contribution in [0.5, 0.6) is 0 Å². The third kappa shape index (κ3) is 3.23. The normalized spacial score (nSPS) is 11.9. The molecule has 4 heteroatoms. The Bertz CT molecular complexity index is 356. The van der Waals surface area contributed by atoms with E-state index in [2.05, 4.69) is 0 Å². The Labute approximate surface area is 86.9 Å². The van der Waals surface area contributed by atoms with Gasteiger partial charge in [-0.3, -0.25) is 0 Å². The molecule has 84 valence electrons. The minimum atomic E-state index is -1.18. The van der Waals surface area contributed by atoms with Crippen LogP contribution in [-0.4, -0.2) is 5.60 Å². The van der Waals surface area contributed by atoms with E-state index >= 15 is 0 Å². The fraction of sp³-hybridized carbons (Fsp3) is 0.455. The first-order valence-electron chi connectivity index (χ1n) is 4.57. The second-order valence-corrected chi connectivity index (χ2v) is 4.22. The van der Waals surface area contributed by atoms with Gasteiger partial charge in [0, 0.05) is 0 Å². The van der Waals surface area contributed by atoms with Gasteiger partial charge in [-0.25, -0.2) is 13.2 Å². The van der Waals surface area contributed by atoms with E-state index in [9.17, 15) is 13.2 Å². The van der Waals surface area contributed by atoms with E-state index in [4.69, 9.17) is 4.74 Å². The molecule has 0 radical (unpaired) electrons. The average Bonchev–Trinajstić information content (AvgIpc) is 2.10. The van der Waals surface area contributed by atoms with Crippen LogP contribution in [-0.2, 0) is 11.3 Å². The number of rotatable bonds is 2. The maximum atomic E-state index is 13.1. The van der Waals surface area contributed by atoms with Crippen molar-refractivity contribution in [2.75, 3.05) is 0 Å². The molecule has 1 rings (SSSR count). The third-order valence-corrected chi connectivity index (χ3v) is 1.79. The molecule has 1 aromatic rings. The zero-order valence-corrected chi connectivity index (χ0v) is 8.90. The summed E-state index contributed by atoms with van der Waals surface area (Å²) in [5.74, 6) is -3.04. The number of ether oxygens (including phenoxy) is 1. The Kier molecular flexibility index (Phi) is 3.39. The second-order valence-electron chi connectivity index (χ2n) is 4.22. The van der Waals surface area contributed by atoms with E-state index in [0.717, 1.165) is 12.1 Å². The van der Waals surface area contributed by atoms with Gasteiger partial charge in [-0.1, -0.05) is 0 Å². The molecule has 1 aromatic carbocycles. The Balaban J connectivity index is 2.90. The van der Waals surface area contributed by atoms with Gasteiger partial charge in [-0.2, -0.15) is 0 Å². The minimum absolute atomic E-state index is 0.279. The van der Waals surface area contributed by atoms with Crippen molar-refractivity contribution in [2.45, 2.75) is 33.0 Å². The molecule has 1 nitrogen and oxygen atoms in total. The standard InChI is InChI=1S/C11H13F3O/c1-11(2,3)15-6-7-8(12)4-5-9(13)10(7)14/h4-5H,6H2,1-3H3. The predicted octanol–water partition coefficient (Wildman–Crippen LogP) is 3.42. The fourth-order valence-electron chi connectivity index (χ4n) is 0.990. The SMILES string of the molecule is CC(C)(C)OCc1c(F)ccc(F)c1F. The third-order valence-electron chi connectivity index (χ3n) is 1.79. The van der Waals surface area contributed by atoms with Gasteiger partial charge in [0.05, 0.1) is 17.8 Å². The van der Waals surface area contributed by atoms with Crippen molar-refractivity contribution in [2.24, 2.45) is 0 Å². The molecule has 0 amide bonds. The largest absolute Gasteiger partial charge is 0.371 e. The summed E-state index contributed by atoms with van der Waals surface area (Å²) >= 11 is 0. The van der Waals surface area contributed by atoms with Crippen LogP contribution in [0.15, 0.2) is 12.1 Å². The molecule has 15 heavy (non-hydrogen) atoms. The van der Waals surface area contributed by atoms with Gasteiger partial charge in [-0.05, 0) is 32.9 Å². The summed E-state index contributed by atoms with van der Waals surface area (Å²) in [7, 11) is 0. The number of benzene rings is 1. The lowest BCUT2D eigenvalue weighted by atomic mass is 10.1. The lowest BCUT2D eigenvalue weighted by molar-refractivity contribution is -0.0175. The molecule has 0 saturated heterocycles. The Hall–Kier alpha value is -1.03. The van der Waals surface area contributed by atoms with Gasteiger partial charge in [-0.15, -0.1) is 0 Å². The molecule has 0 N–H and O–H groups in total. The summed E-state index contributed by atoms with van der Waals surface area (Å²) in [5, 5.41) is 0. The fourth-order valence-corrected chi connectivity index (χ4v) is 0.990. The van der Waals surface area contributed by atoms with Crippen LogP contribution in [0, 0.1) is 17.5 Å². The van der Waals surface area contributed by atoms with E-state index in [0.29, 0.717) is 0 Å². The monoisotopic (exact) mass is 218 g/mol. The number of hydrogen-bond acceptors (Lipinski definition) is 1. The molecule has 0 heterocycles. The highest BCUT2D eigenvalue weighted by Crippen LogP contribution is 2.19. The molecule has 0 saturated carbocycles. The van der Waals surface area contributed by atoms with E-state index in [1.165, 1.54) is 0 Å². The van der Waals surface area contributed by atoms with Gasteiger partial charge in [0.1, 0.15) is 5.82 Å². The van der Waals surface area contributed by atoms with Crippen LogP contribution in [0.2, 0.25) is 0 Å². The molecule has 0 aliphatic heterocycles. The lowest BCUT2D eigenvalue weighted by Gasteiger charge is -2.19. The zero-order valence-electron chi connectivity index (χ0n) is 8.90. The minimum Gasteiger partial charge on any atom is -0.371 e. The highest BCUT2D eigenvalue weighted by molar-refractivity contribution is 5.20. The lowest BCUT2D eigenvalue weighted by Crippen LogP contribution is -2.19. The predicted molar refractivity (Wildman–Crippen MR) is 50.9 cm³/mol. The number of hydrogen-bond donors (Lipinski definition) is 0. The summed E-state index contributed by atoms with van der Waals surface area (Å²) in [4.78, 5) is 0. The van der Waals surface area contributed by atoms with Crippen molar-refractivity contribution in [3.05, 3.63) is 35.1 Å². The van der Waals surface area contributed by atoms with Crippen molar-refractivity contribution in [3.8, 4) is 0 Å². The van der Waals surface area contributed by atoms with Crippen LogP contribution < -0.4 is 0 Å². The van der Waals surface area contributed by atoms with Gasteiger partial charge < -0.3 is 4.74 Å². The van der Waals surface area contributed by atoms with Crippen LogP contribution in [0.1, 0.15) is 26.3 Å². The van der Waals surface area contributed by atoms with Gasteiger partial charge in [0.2, 0.25) is 0 Å². The van der Waals surface area contributed by atoms with Crippen LogP contribution in [0.4, 0.5) is 13.2 Å². The summed E-state index contributed by atoms with van der Waals surface area (Å²) in [6.07, 6.45) is 0. The average molecular weight is 218 g/mol. The van der Waals surface area contributed by atoms with Crippen LogP contribution in [0.25, 0.3) is 0 Å². The van der Waals surface area contributed by atoms with Gasteiger partial charge in [0.15, 0.2) is 11.6 Å². The summed E-state index contributed by atoms with van der Waals surface area (Å²) in [6.45, 7) is 4.98. The van der Waals surface area contributed by atoms with E-state index in [1.54, 1.807) is 20.8 Å². The Morgan fingerprint density at radius 2 is 1.60 bits per heavy atom. The molecule has 0 aliphatic carbocycles. The first-order chi connectivity index (χ1) is 6.81. The maximum Gasteiger partial charge on any atom is 0.167 e. The van der Waals surface area contributed by atoms with E-state index < -0.39 is 23.1 Å². The van der Waals surface area contributed by atoms with Crippen molar-refractivity contribution < 1.29 is 17.9 Å². The van der Waals surface area contributed by atoms with E-state index in [-0.39, 0.29) is 12.2 Å². The molecule has 0 fully saturated rings. The van der Waals surface area contributed by atoms with Crippen LogP contribution in [0.3, 0.4) is 0 Å². The summed E-state index contributed by atoms with van der Waals surface area (Å²) in [5.41, 5.74) is -0.893. The molecular weight excluding hydrogens is 205 g/mol. The molecule has 0 bridgehead atoms. The van der Waals surface area contributed by atoms with Crippen LogP contribution >= 0.6 is 0 Å². The smallest absolute Gasteiger partial charge is 0.167 e. The van der Waals surface area contributed by atoms with Gasteiger partial charge >= 0.3 is 0 Å². The highest BCUT2D eigenvalue weighted by Gasteiger charge is 2.17. The van der Waals surface area contributed by atoms with Crippen molar-refractivity contribution in [1.82, 2.24) is 0 Å². The molecule has 0 unspecified atom stereocenters. The second kappa shape index (κ2) is 4.23. The number of halogens is 3. The first kappa shape index (κ1) is 12.0. The van der Waals surface area contributed by atoms with Crippen molar-refractivity contribution in [1.29, 1.82) is 0 Å². The molecule has 0 aromatic heterocycles. The zero-order chi connectivity index (χ0) is 11.6. The van der Waals surface area contributed by atoms with Crippen molar-refractivity contribution >= 4 is 0 Å². The van der Waals surface area contributed by atoms with Gasteiger partial charge in [0.25, 0.3) is 0 Å². The molecule has 0 atom stereocenters. The summed E-state index contributed by atoms with van der Waals surface area (Å²) < 4.78 is 44.2. The summed E-state index contributed by atoms with van der Waals surface area (Å²) in [6, 6.07) is 1.64. The Morgan fingerprint density at radius 1 is 1.07 bits per heavy atom. The Morgan fingerprint density at radius 3 is 2.13 bits per heavy atom.